The standard InChI is InChI=1S/C20H24N2O/c1-15-7-2-5-10-17(15)19-18-11-6-12-21(18)13-14-22(19)20(23)16-8-3-4-9-16/h2,5-7,10-12,16,19H,3-4,8-9,13-14H2,1H3. The second kappa shape index (κ2) is 5.88. The first-order valence-corrected chi connectivity index (χ1v) is 8.77. The summed E-state index contributed by atoms with van der Waals surface area (Å²) >= 11 is 0. The molecule has 0 spiro atoms. The van der Waals surface area contributed by atoms with E-state index in [0.29, 0.717) is 5.91 Å². The highest BCUT2D eigenvalue weighted by molar-refractivity contribution is 5.80. The fourth-order valence-corrected chi connectivity index (χ4v) is 4.25. The molecule has 1 aliphatic heterocycles. The summed E-state index contributed by atoms with van der Waals surface area (Å²) in [7, 11) is 0. The fraction of sp³-hybridized carbons (Fsp3) is 0.450. The summed E-state index contributed by atoms with van der Waals surface area (Å²) in [6.07, 6.45) is 6.68. The van der Waals surface area contributed by atoms with Crippen LogP contribution in [0.15, 0.2) is 42.6 Å². The van der Waals surface area contributed by atoms with Crippen molar-refractivity contribution in [1.82, 2.24) is 9.47 Å². The molecule has 1 aromatic carbocycles. The van der Waals surface area contributed by atoms with Crippen LogP contribution in [0.5, 0.6) is 0 Å². The van der Waals surface area contributed by atoms with E-state index in [1.807, 2.05) is 0 Å². The van der Waals surface area contributed by atoms with E-state index >= 15 is 0 Å². The summed E-state index contributed by atoms with van der Waals surface area (Å²) in [5.74, 6) is 0.603. The molecule has 2 aliphatic rings. The third-order valence-corrected chi connectivity index (χ3v) is 5.51. The Labute approximate surface area is 137 Å². The Bertz CT molecular complexity index is 712. The molecule has 1 fully saturated rings. The molecule has 120 valence electrons. The zero-order chi connectivity index (χ0) is 15.8. The number of fused-ring (bicyclic) bond motifs is 1. The zero-order valence-electron chi connectivity index (χ0n) is 13.7. The van der Waals surface area contributed by atoms with Gasteiger partial charge in [-0.1, -0.05) is 37.1 Å². The molecule has 1 aliphatic carbocycles. The molecule has 3 heteroatoms. The molecular formula is C20H24N2O. The van der Waals surface area contributed by atoms with Gasteiger partial charge in [0.05, 0.1) is 6.04 Å². The van der Waals surface area contributed by atoms with E-state index in [4.69, 9.17) is 0 Å². The first kappa shape index (κ1) is 14.6. The summed E-state index contributed by atoms with van der Waals surface area (Å²) in [5.41, 5.74) is 3.77. The average molecular weight is 308 g/mol. The van der Waals surface area contributed by atoms with Gasteiger partial charge in [-0.25, -0.2) is 0 Å². The fourth-order valence-electron chi connectivity index (χ4n) is 4.25. The first-order valence-electron chi connectivity index (χ1n) is 8.77. The van der Waals surface area contributed by atoms with Crippen LogP contribution in [-0.4, -0.2) is 21.9 Å². The van der Waals surface area contributed by atoms with Gasteiger partial charge < -0.3 is 9.47 Å². The van der Waals surface area contributed by atoms with Gasteiger partial charge >= 0.3 is 0 Å². The van der Waals surface area contributed by atoms with E-state index in [1.165, 1.54) is 29.7 Å². The van der Waals surface area contributed by atoms with E-state index in [9.17, 15) is 4.79 Å². The highest BCUT2D eigenvalue weighted by atomic mass is 16.2. The first-order chi connectivity index (χ1) is 11.3. The molecule has 2 aromatic rings. The summed E-state index contributed by atoms with van der Waals surface area (Å²) in [4.78, 5) is 15.3. The van der Waals surface area contributed by atoms with Gasteiger partial charge in [0.15, 0.2) is 0 Å². The van der Waals surface area contributed by atoms with Crippen LogP contribution in [0.4, 0.5) is 0 Å². The minimum Gasteiger partial charge on any atom is -0.348 e. The molecule has 0 bridgehead atoms. The van der Waals surface area contributed by atoms with E-state index < -0.39 is 0 Å². The van der Waals surface area contributed by atoms with Crippen LogP contribution >= 0.6 is 0 Å². The largest absolute Gasteiger partial charge is 0.348 e. The highest BCUT2D eigenvalue weighted by Gasteiger charge is 2.36. The maximum Gasteiger partial charge on any atom is 0.226 e. The van der Waals surface area contributed by atoms with Gasteiger partial charge in [-0.05, 0) is 43.0 Å². The van der Waals surface area contributed by atoms with Crippen LogP contribution in [0.3, 0.4) is 0 Å². The Hall–Kier alpha value is -2.03. The SMILES string of the molecule is Cc1ccccc1C1c2cccn2CCN1C(=O)C1CCCC1. The highest BCUT2D eigenvalue weighted by Crippen LogP contribution is 2.37. The van der Waals surface area contributed by atoms with Crippen molar-refractivity contribution in [2.75, 3.05) is 6.54 Å². The third kappa shape index (κ3) is 2.48. The van der Waals surface area contributed by atoms with Crippen molar-refractivity contribution in [3.8, 4) is 0 Å². The molecule has 0 N–H and O–H groups in total. The number of hydrogen-bond donors (Lipinski definition) is 0. The number of rotatable bonds is 2. The van der Waals surface area contributed by atoms with Crippen LogP contribution in [0, 0.1) is 12.8 Å². The van der Waals surface area contributed by atoms with E-state index in [1.54, 1.807) is 0 Å². The number of aryl methyl sites for hydroxylation is 1. The third-order valence-electron chi connectivity index (χ3n) is 5.51. The number of hydrogen-bond acceptors (Lipinski definition) is 1. The van der Waals surface area contributed by atoms with Crippen molar-refractivity contribution in [3.05, 3.63) is 59.4 Å². The molecule has 1 unspecified atom stereocenters. The Morgan fingerprint density at radius 2 is 1.83 bits per heavy atom. The van der Waals surface area contributed by atoms with Crippen molar-refractivity contribution >= 4 is 5.91 Å². The van der Waals surface area contributed by atoms with Crippen LogP contribution < -0.4 is 0 Å². The van der Waals surface area contributed by atoms with Crippen molar-refractivity contribution in [3.63, 3.8) is 0 Å². The Kier molecular flexibility index (Phi) is 3.72. The summed E-state index contributed by atoms with van der Waals surface area (Å²) in [5, 5.41) is 0. The number of carbonyl (C=O) groups excluding carboxylic acids is 1. The molecule has 1 amide bonds. The molecule has 4 rings (SSSR count). The Balaban J connectivity index is 1.76. The Morgan fingerprint density at radius 3 is 2.61 bits per heavy atom. The van der Waals surface area contributed by atoms with E-state index in [0.717, 1.165) is 25.9 Å². The van der Waals surface area contributed by atoms with Crippen molar-refractivity contribution in [1.29, 1.82) is 0 Å². The van der Waals surface area contributed by atoms with E-state index in [-0.39, 0.29) is 12.0 Å². The summed E-state index contributed by atoms with van der Waals surface area (Å²) in [6, 6.07) is 12.8. The van der Waals surface area contributed by atoms with Gasteiger partial charge in [0.25, 0.3) is 0 Å². The molecule has 0 saturated heterocycles. The summed E-state index contributed by atoms with van der Waals surface area (Å²) < 4.78 is 2.30. The number of amides is 1. The van der Waals surface area contributed by atoms with Crippen LogP contribution in [-0.2, 0) is 11.3 Å². The monoisotopic (exact) mass is 308 g/mol. The molecule has 1 aromatic heterocycles. The Morgan fingerprint density at radius 1 is 1.04 bits per heavy atom. The number of carbonyl (C=O) groups is 1. The molecule has 2 heterocycles. The lowest BCUT2D eigenvalue weighted by atomic mass is 9.94. The molecule has 3 nitrogen and oxygen atoms in total. The number of nitrogens with zero attached hydrogens (tertiary/aromatic N) is 2. The van der Waals surface area contributed by atoms with Gasteiger partial charge in [-0.3, -0.25) is 4.79 Å². The number of aromatic nitrogens is 1. The van der Waals surface area contributed by atoms with Gasteiger partial charge in [0, 0.05) is 30.9 Å². The lowest BCUT2D eigenvalue weighted by Gasteiger charge is -2.39. The van der Waals surface area contributed by atoms with Gasteiger partial charge in [-0.2, -0.15) is 0 Å². The predicted molar refractivity (Wildman–Crippen MR) is 91.1 cm³/mol. The van der Waals surface area contributed by atoms with Gasteiger partial charge in [0.1, 0.15) is 0 Å². The van der Waals surface area contributed by atoms with Gasteiger partial charge in [0.2, 0.25) is 5.91 Å². The lowest BCUT2D eigenvalue weighted by Crippen LogP contribution is -2.44. The van der Waals surface area contributed by atoms with Crippen molar-refractivity contribution in [2.45, 2.75) is 45.2 Å². The van der Waals surface area contributed by atoms with Crippen molar-refractivity contribution < 1.29 is 4.79 Å². The minimum absolute atomic E-state index is 0.0630. The topological polar surface area (TPSA) is 25.2 Å². The van der Waals surface area contributed by atoms with Gasteiger partial charge in [-0.15, -0.1) is 0 Å². The zero-order valence-corrected chi connectivity index (χ0v) is 13.7. The molecule has 0 radical (unpaired) electrons. The predicted octanol–water partition coefficient (Wildman–Crippen LogP) is 3.92. The summed E-state index contributed by atoms with van der Waals surface area (Å²) in [6.45, 7) is 3.87. The molecule has 1 saturated carbocycles. The molecule has 23 heavy (non-hydrogen) atoms. The van der Waals surface area contributed by atoms with Crippen LogP contribution in [0.25, 0.3) is 0 Å². The molecule has 1 atom stereocenters. The normalized spacial score (nSPS) is 21.4. The van der Waals surface area contributed by atoms with Crippen LogP contribution in [0.1, 0.15) is 48.5 Å². The number of benzene rings is 1. The van der Waals surface area contributed by atoms with Crippen LogP contribution in [0.2, 0.25) is 0 Å². The minimum atomic E-state index is 0.0630. The smallest absolute Gasteiger partial charge is 0.226 e. The second-order valence-corrected chi connectivity index (χ2v) is 6.90. The quantitative estimate of drug-likeness (QED) is 0.825. The average Bonchev–Trinajstić information content (AvgIpc) is 3.25. The maximum atomic E-state index is 13.1. The van der Waals surface area contributed by atoms with E-state index in [2.05, 4.69) is 59.0 Å². The maximum absolute atomic E-state index is 13.1. The lowest BCUT2D eigenvalue weighted by molar-refractivity contribution is -0.138. The molecular weight excluding hydrogens is 284 g/mol. The second-order valence-electron chi connectivity index (χ2n) is 6.90. The van der Waals surface area contributed by atoms with Crippen molar-refractivity contribution in [2.24, 2.45) is 5.92 Å².